The maximum absolute atomic E-state index is 16.6. The van der Waals surface area contributed by atoms with Crippen LogP contribution in [0.15, 0.2) is 29.2 Å². The van der Waals surface area contributed by atoms with Crippen molar-refractivity contribution < 1.29 is 32.1 Å². The molecule has 44 heavy (non-hydrogen) atoms. The molecule has 1 aliphatic carbocycles. The lowest BCUT2D eigenvalue weighted by molar-refractivity contribution is -0.0328. The molecule has 0 amide bonds. The SMILES string of the molecule is Oc1ccc(SC(F)(F)F)c(-c2c(Cl)cc3c(N4CC5CCC(C4)N5)nc(OCC4(CN5CCOCC5)CC4)nc3c2F)c1. The second-order valence-electron chi connectivity index (χ2n) is 12.2. The number of fused-ring (bicyclic) bond motifs is 3. The van der Waals surface area contributed by atoms with Gasteiger partial charge in [-0.05, 0) is 61.7 Å². The van der Waals surface area contributed by atoms with Gasteiger partial charge >= 0.3 is 11.5 Å². The van der Waals surface area contributed by atoms with Gasteiger partial charge < -0.3 is 24.8 Å². The first-order valence-electron chi connectivity index (χ1n) is 14.8. The largest absolute Gasteiger partial charge is 0.508 e. The van der Waals surface area contributed by atoms with Crippen LogP contribution in [0.5, 0.6) is 11.8 Å². The van der Waals surface area contributed by atoms with Gasteiger partial charge in [0, 0.05) is 71.6 Å². The highest BCUT2D eigenvalue weighted by molar-refractivity contribution is 8.00. The van der Waals surface area contributed by atoms with Gasteiger partial charge in [0.15, 0.2) is 5.82 Å². The first kappa shape index (κ1) is 30.1. The minimum atomic E-state index is -4.64. The fraction of sp³-hybridized carbons (Fsp3) is 0.533. The van der Waals surface area contributed by atoms with Crippen LogP contribution in [0, 0.1) is 11.2 Å². The van der Waals surface area contributed by atoms with E-state index >= 15 is 4.39 Å². The molecule has 2 N–H and O–H groups in total. The number of benzene rings is 2. The van der Waals surface area contributed by atoms with Crippen LogP contribution < -0.4 is 15.0 Å². The second kappa shape index (κ2) is 11.7. The molecule has 3 aliphatic heterocycles. The number of hydrogen-bond acceptors (Lipinski definition) is 9. The van der Waals surface area contributed by atoms with Crippen molar-refractivity contribution in [2.24, 2.45) is 5.41 Å². The van der Waals surface area contributed by atoms with Crippen LogP contribution in [-0.2, 0) is 4.74 Å². The molecule has 4 fully saturated rings. The summed E-state index contributed by atoms with van der Waals surface area (Å²) in [6, 6.07) is 5.36. The van der Waals surface area contributed by atoms with E-state index in [0.29, 0.717) is 44.1 Å². The van der Waals surface area contributed by atoms with Crippen molar-refractivity contribution in [1.29, 1.82) is 0 Å². The number of hydrogen-bond donors (Lipinski definition) is 2. The molecule has 1 saturated carbocycles. The Labute approximate surface area is 261 Å². The van der Waals surface area contributed by atoms with Crippen molar-refractivity contribution in [1.82, 2.24) is 20.2 Å². The maximum Gasteiger partial charge on any atom is 0.446 e. The summed E-state index contributed by atoms with van der Waals surface area (Å²) < 4.78 is 68.5. The van der Waals surface area contributed by atoms with E-state index in [-0.39, 0.29) is 55.8 Å². The molecule has 4 aliphatic rings. The third kappa shape index (κ3) is 6.26. The van der Waals surface area contributed by atoms with Gasteiger partial charge in [0.2, 0.25) is 0 Å². The summed E-state index contributed by atoms with van der Waals surface area (Å²) >= 11 is 6.24. The van der Waals surface area contributed by atoms with Crippen LogP contribution in [0.25, 0.3) is 22.0 Å². The fourth-order valence-corrected chi connectivity index (χ4v) is 7.54. The quantitative estimate of drug-likeness (QED) is 0.230. The number of aromatic hydroxyl groups is 1. The monoisotopic (exact) mass is 653 g/mol. The Morgan fingerprint density at radius 2 is 1.84 bits per heavy atom. The highest BCUT2D eigenvalue weighted by atomic mass is 35.5. The highest BCUT2D eigenvalue weighted by Crippen LogP contribution is 2.48. The van der Waals surface area contributed by atoms with Gasteiger partial charge in [-0.3, -0.25) is 4.90 Å². The van der Waals surface area contributed by atoms with E-state index in [1.54, 1.807) is 0 Å². The zero-order valence-corrected chi connectivity index (χ0v) is 25.4. The van der Waals surface area contributed by atoms with E-state index in [4.69, 9.17) is 26.1 Å². The predicted molar refractivity (Wildman–Crippen MR) is 160 cm³/mol. The summed E-state index contributed by atoms with van der Waals surface area (Å²) in [5, 5.41) is 14.0. The Hall–Kier alpha value is -2.58. The minimum absolute atomic E-state index is 0.0135. The number of thioether (sulfide) groups is 1. The first-order chi connectivity index (χ1) is 21.1. The number of phenolic OH excluding ortho intramolecular Hbond substituents is 1. The molecule has 2 unspecified atom stereocenters. The van der Waals surface area contributed by atoms with Gasteiger partial charge in [0.25, 0.3) is 0 Å². The standard InChI is InChI=1S/C30H32ClF4N5O3S/c31-22-12-21-26(25(32)24(22)20-11-19(41)3-4-23(20)44-30(33,34)35)37-28(38-27(21)40-13-17-1-2-18(14-40)36-17)43-16-29(5-6-29)15-39-7-9-42-10-8-39/h3-4,11-12,17-18,36,41H,1-2,5-10,13-16H2. The third-order valence-electron chi connectivity index (χ3n) is 8.94. The summed E-state index contributed by atoms with van der Waals surface area (Å²) in [6.07, 6.45) is 4.04. The number of nitrogens with zero attached hydrogens (tertiary/aromatic N) is 4. The number of alkyl halides is 3. The van der Waals surface area contributed by atoms with Crippen molar-refractivity contribution in [2.75, 3.05) is 57.4 Å². The van der Waals surface area contributed by atoms with Gasteiger partial charge in [0.05, 0.1) is 24.8 Å². The molecule has 7 rings (SSSR count). The second-order valence-corrected chi connectivity index (χ2v) is 13.7. The Bertz CT molecular complexity index is 1560. The van der Waals surface area contributed by atoms with E-state index in [1.165, 1.54) is 6.07 Å². The lowest BCUT2D eigenvalue weighted by atomic mass is 10.0. The van der Waals surface area contributed by atoms with Gasteiger partial charge in [-0.1, -0.05) is 11.6 Å². The summed E-state index contributed by atoms with van der Waals surface area (Å²) in [5.74, 6) is -0.737. The molecule has 8 nitrogen and oxygen atoms in total. The molecule has 2 aromatic carbocycles. The number of halogens is 5. The molecule has 4 heterocycles. The normalized spacial score (nSPS) is 23.3. The Morgan fingerprint density at radius 3 is 2.52 bits per heavy atom. The fourth-order valence-electron chi connectivity index (χ4n) is 6.59. The van der Waals surface area contributed by atoms with Gasteiger partial charge in [-0.15, -0.1) is 0 Å². The van der Waals surface area contributed by atoms with E-state index in [0.717, 1.165) is 63.5 Å². The lowest BCUT2D eigenvalue weighted by Gasteiger charge is -2.34. The average Bonchev–Trinajstić information content (AvgIpc) is 3.66. The molecule has 0 radical (unpaired) electrons. The Morgan fingerprint density at radius 1 is 1.11 bits per heavy atom. The number of aromatic nitrogens is 2. The van der Waals surface area contributed by atoms with Gasteiger partial charge in [-0.25, -0.2) is 4.39 Å². The maximum atomic E-state index is 16.6. The number of morpholine rings is 1. The van der Waals surface area contributed by atoms with Crippen molar-refractivity contribution in [3.8, 4) is 22.9 Å². The van der Waals surface area contributed by atoms with Crippen molar-refractivity contribution in [2.45, 2.75) is 48.2 Å². The summed E-state index contributed by atoms with van der Waals surface area (Å²) in [5.41, 5.74) is -5.23. The number of ether oxygens (including phenoxy) is 2. The molecular formula is C30H32ClF4N5O3S. The molecule has 1 aromatic heterocycles. The molecule has 2 atom stereocenters. The third-order valence-corrected chi connectivity index (χ3v) is 10.0. The van der Waals surface area contributed by atoms with Gasteiger partial charge in [0.1, 0.15) is 17.1 Å². The number of phenols is 1. The van der Waals surface area contributed by atoms with Crippen LogP contribution in [-0.4, -0.2) is 90.1 Å². The Kier molecular flexibility index (Phi) is 7.97. The average molecular weight is 654 g/mol. The van der Waals surface area contributed by atoms with Crippen LogP contribution in [0.4, 0.5) is 23.4 Å². The summed E-state index contributed by atoms with van der Waals surface area (Å²) in [6.45, 7) is 5.67. The smallest absolute Gasteiger partial charge is 0.446 e. The van der Waals surface area contributed by atoms with Crippen molar-refractivity contribution in [3.05, 3.63) is 35.1 Å². The van der Waals surface area contributed by atoms with Crippen molar-refractivity contribution in [3.63, 3.8) is 0 Å². The topological polar surface area (TPSA) is 83.0 Å². The molecule has 3 aromatic rings. The molecule has 236 valence electrons. The molecule has 0 spiro atoms. The predicted octanol–water partition coefficient (Wildman–Crippen LogP) is 5.84. The number of piperazine rings is 1. The molecule has 14 heteroatoms. The van der Waals surface area contributed by atoms with Crippen LogP contribution in [0.1, 0.15) is 25.7 Å². The van der Waals surface area contributed by atoms with E-state index in [9.17, 15) is 18.3 Å². The van der Waals surface area contributed by atoms with Crippen LogP contribution in [0.2, 0.25) is 5.02 Å². The summed E-state index contributed by atoms with van der Waals surface area (Å²) in [4.78, 5) is 13.4. The zero-order valence-electron chi connectivity index (χ0n) is 23.8. The minimum Gasteiger partial charge on any atom is -0.508 e. The van der Waals surface area contributed by atoms with Crippen molar-refractivity contribution >= 4 is 40.1 Å². The number of anilines is 1. The van der Waals surface area contributed by atoms with E-state index in [1.807, 2.05) is 0 Å². The van der Waals surface area contributed by atoms with Gasteiger partial charge in [-0.2, -0.15) is 23.1 Å². The molecule has 3 saturated heterocycles. The van der Waals surface area contributed by atoms with E-state index in [2.05, 4.69) is 20.1 Å². The van der Waals surface area contributed by atoms with Crippen LogP contribution in [0.3, 0.4) is 0 Å². The van der Waals surface area contributed by atoms with Crippen LogP contribution >= 0.6 is 23.4 Å². The number of nitrogens with one attached hydrogen (secondary N) is 1. The molecule has 2 bridgehead atoms. The Balaban J connectivity index is 1.29. The van der Waals surface area contributed by atoms with E-state index < -0.39 is 23.1 Å². The zero-order chi connectivity index (χ0) is 30.6. The molecular weight excluding hydrogens is 622 g/mol. The first-order valence-corrected chi connectivity index (χ1v) is 16.0. The lowest BCUT2D eigenvalue weighted by Crippen LogP contribution is -2.51. The highest BCUT2D eigenvalue weighted by Gasteiger charge is 2.45. The number of rotatable bonds is 8. The summed E-state index contributed by atoms with van der Waals surface area (Å²) in [7, 11) is 0.